The lowest BCUT2D eigenvalue weighted by Crippen LogP contribution is -2.51. The zero-order valence-corrected chi connectivity index (χ0v) is 15.0. The van der Waals surface area contributed by atoms with Gasteiger partial charge in [0, 0.05) is 6.92 Å². The molecule has 26 heavy (non-hydrogen) atoms. The number of benzene rings is 1. The zero-order chi connectivity index (χ0) is 18.6. The van der Waals surface area contributed by atoms with E-state index >= 15 is 0 Å². The summed E-state index contributed by atoms with van der Waals surface area (Å²) in [7, 11) is 0. The summed E-state index contributed by atoms with van der Waals surface area (Å²) in [6.07, 6.45) is 4.00. The lowest BCUT2D eigenvalue weighted by molar-refractivity contribution is -0.130. The van der Waals surface area contributed by atoms with Crippen molar-refractivity contribution in [2.24, 2.45) is 0 Å². The first kappa shape index (κ1) is 17.9. The molecule has 0 unspecified atom stereocenters. The van der Waals surface area contributed by atoms with E-state index in [4.69, 9.17) is 14.5 Å². The van der Waals surface area contributed by atoms with E-state index in [1.165, 1.54) is 0 Å². The summed E-state index contributed by atoms with van der Waals surface area (Å²) >= 11 is 0. The van der Waals surface area contributed by atoms with Crippen LogP contribution in [0.4, 0.5) is 0 Å². The fourth-order valence-corrected chi connectivity index (χ4v) is 3.26. The van der Waals surface area contributed by atoms with Crippen molar-refractivity contribution < 1.29 is 14.1 Å². The number of nitrogens with one attached hydrogen (secondary N) is 1. The van der Waals surface area contributed by atoms with E-state index in [9.17, 15) is 4.79 Å². The number of nitriles is 1. The number of aromatic nitrogens is 2. The summed E-state index contributed by atoms with van der Waals surface area (Å²) in [6.45, 7) is 3.44. The van der Waals surface area contributed by atoms with Gasteiger partial charge in [0.05, 0.1) is 11.6 Å². The van der Waals surface area contributed by atoms with Gasteiger partial charge in [-0.1, -0.05) is 24.4 Å². The minimum absolute atomic E-state index is 0.223. The molecule has 1 fully saturated rings. The van der Waals surface area contributed by atoms with Gasteiger partial charge in [0.2, 0.25) is 5.89 Å². The maximum absolute atomic E-state index is 12.7. The van der Waals surface area contributed by atoms with Crippen LogP contribution in [-0.2, 0) is 10.3 Å². The van der Waals surface area contributed by atoms with E-state index in [1.807, 2.05) is 0 Å². The molecule has 1 aliphatic rings. The summed E-state index contributed by atoms with van der Waals surface area (Å²) in [5.41, 5.74) is -0.0573. The predicted molar refractivity (Wildman–Crippen MR) is 93.2 cm³/mol. The monoisotopic (exact) mass is 354 g/mol. The van der Waals surface area contributed by atoms with Crippen molar-refractivity contribution in [1.29, 1.82) is 5.26 Å². The predicted octanol–water partition coefficient (Wildman–Crippen LogP) is 2.99. The topological polar surface area (TPSA) is 101 Å². The number of hydrogen-bond donors (Lipinski definition) is 1. The Kier molecular flexibility index (Phi) is 5.21. The van der Waals surface area contributed by atoms with Crippen LogP contribution >= 0.6 is 0 Å². The van der Waals surface area contributed by atoms with E-state index in [1.54, 1.807) is 38.1 Å². The number of carbonyl (C=O) groups excluding carboxylic acids is 1. The van der Waals surface area contributed by atoms with Crippen molar-refractivity contribution in [3.05, 3.63) is 41.5 Å². The number of aryl methyl sites for hydroxylation is 1. The Morgan fingerprint density at radius 2 is 2.00 bits per heavy atom. The Bertz CT molecular complexity index is 801. The highest BCUT2D eigenvalue weighted by molar-refractivity contribution is 5.81. The number of amides is 1. The molecule has 0 spiro atoms. The van der Waals surface area contributed by atoms with Crippen LogP contribution in [0, 0.1) is 18.3 Å². The molecule has 0 aliphatic heterocycles. The standard InChI is InChI=1S/C19H22N4O3/c1-13(25-16-8-6-15(12-20)7-9-16)17(24)22-19(10-4-3-5-11-19)18-21-14(2)26-23-18/h6-9,13H,3-5,10-11H2,1-2H3,(H,22,24)/t13-/m1/s1. The van der Waals surface area contributed by atoms with Crippen molar-refractivity contribution in [2.75, 3.05) is 0 Å². The fourth-order valence-electron chi connectivity index (χ4n) is 3.26. The molecule has 2 aromatic rings. The molecule has 1 aromatic carbocycles. The van der Waals surface area contributed by atoms with Crippen molar-refractivity contribution in [3.8, 4) is 11.8 Å². The molecule has 1 N–H and O–H groups in total. The molecule has 7 nitrogen and oxygen atoms in total. The van der Waals surface area contributed by atoms with Crippen molar-refractivity contribution >= 4 is 5.91 Å². The van der Waals surface area contributed by atoms with Crippen LogP contribution in [-0.4, -0.2) is 22.2 Å². The van der Waals surface area contributed by atoms with Crippen molar-refractivity contribution in [2.45, 2.75) is 57.6 Å². The van der Waals surface area contributed by atoms with Gasteiger partial charge in [-0.15, -0.1) is 0 Å². The van der Waals surface area contributed by atoms with Gasteiger partial charge in [-0.2, -0.15) is 10.2 Å². The molecule has 1 amide bonds. The van der Waals surface area contributed by atoms with E-state index in [0.717, 1.165) is 32.1 Å². The van der Waals surface area contributed by atoms with Crippen LogP contribution in [0.5, 0.6) is 5.75 Å². The summed E-state index contributed by atoms with van der Waals surface area (Å²) in [5.74, 6) is 1.34. The summed E-state index contributed by atoms with van der Waals surface area (Å²) in [5, 5.41) is 16.0. The summed E-state index contributed by atoms with van der Waals surface area (Å²) in [6, 6.07) is 8.73. The van der Waals surface area contributed by atoms with Crippen LogP contribution in [0.3, 0.4) is 0 Å². The average Bonchev–Trinajstić information content (AvgIpc) is 3.10. The molecule has 1 heterocycles. The van der Waals surface area contributed by atoms with Gasteiger partial charge in [-0.25, -0.2) is 0 Å². The van der Waals surface area contributed by atoms with Gasteiger partial charge < -0.3 is 14.6 Å². The van der Waals surface area contributed by atoms with Crippen molar-refractivity contribution in [3.63, 3.8) is 0 Å². The molecule has 1 saturated carbocycles. The molecule has 0 bridgehead atoms. The maximum atomic E-state index is 12.7. The lowest BCUT2D eigenvalue weighted by Gasteiger charge is -2.36. The van der Waals surface area contributed by atoms with Gasteiger partial charge >= 0.3 is 0 Å². The Labute approximate surface area is 152 Å². The van der Waals surface area contributed by atoms with Crippen LogP contribution < -0.4 is 10.1 Å². The third-order valence-electron chi connectivity index (χ3n) is 4.69. The first-order valence-electron chi connectivity index (χ1n) is 8.82. The normalized spacial score (nSPS) is 17.1. The molecular formula is C19H22N4O3. The second kappa shape index (κ2) is 7.56. The molecule has 1 aliphatic carbocycles. The molecular weight excluding hydrogens is 332 g/mol. The van der Waals surface area contributed by atoms with E-state index in [0.29, 0.717) is 23.0 Å². The highest BCUT2D eigenvalue weighted by Crippen LogP contribution is 2.35. The number of nitrogens with zero attached hydrogens (tertiary/aromatic N) is 3. The molecule has 0 saturated heterocycles. The first-order chi connectivity index (χ1) is 12.5. The number of ether oxygens (including phenoxy) is 1. The van der Waals surface area contributed by atoms with Crippen LogP contribution in [0.25, 0.3) is 0 Å². The SMILES string of the molecule is Cc1nc(C2(NC(=O)[C@@H](C)Oc3ccc(C#N)cc3)CCCCC2)no1. The van der Waals surface area contributed by atoms with E-state index in [-0.39, 0.29) is 5.91 Å². The molecule has 1 atom stereocenters. The number of hydrogen-bond acceptors (Lipinski definition) is 6. The summed E-state index contributed by atoms with van der Waals surface area (Å²) in [4.78, 5) is 17.1. The Hall–Kier alpha value is -2.88. The number of carbonyl (C=O) groups is 1. The minimum atomic E-state index is -0.685. The Morgan fingerprint density at radius 3 is 2.58 bits per heavy atom. The lowest BCUT2D eigenvalue weighted by atomic mass is 9.81. The number of rotatable bonds is 5. The smallest absolute Gasteiger partial charge is 0.261 e. The van der Waals surface area contributed by atoms with E-state index < -0.39 is 11.6 Å². The van der Waals surface area contributed by atoms with Crippen LogP contribution in [0.15, 0.2) is 28.8 Å². The van der Waals surface area contributed by atoms with Gasteiger partial charge in [0.1, 0.15) is 11.3 Å². The Morgan fingerprint density at radius 1 is 1.31 bits per heavy atom. The minimum Gasteiger partial charge on any atom is -0.481 e. The third-order valence-corrected chi connectivity index (χ3v) is 4.69. The summed E-state index contributed by atoms with van der Waals surface area (Å²) < 4.78 is 10.8. The Balaban J connectivity index is 1.71. The van der Waals surface area contributed by atoms with Gasteiger partial charge in [0.25, 0.3) is 5.91 Å². The van der Waals surface area contributed by atoms with E-state index in [2.05, 4.69) is 21.5 Å². The van der Waals surface area contributed by atoms with Gasteiger partial charge in [0.15, 0.2) is 11.9 Å². The maximum Gasteiger partial charge on any atom is 0.261 e. The highest BCUT2D eigenvalue weighted by atomic mass is 16.5. The van der Waals surface area contributed by atoms with Gasteiger partial charge in [-0.05, 0) is 44.0 Å². The second-order valence-electron chi connectivity index (χ2n) is 6.67. The first-order valence-corrected chi connectivity index (χ1v) is 8.82. The largest absolute Gasteiger partial charge is 0.481 e. The highest BCUT2D eigenvalue weighted by Gasteiger charge is 2.40. The molecule has 3 rings (SSSR count). The van der Waals surface area contributed by atoms with Crippen LogP contribution in [0.2, 0.25) is 0 Å². The third kappa shape index (κ3) is 3.85. The van der Waals surface area contributed by atoms with Crippen molar-refractivity contribution in [1.82, 2.24) is 15.5 Å². The molecule has 1 aromatic heterocycles. The quantitative estimate of drug-likeness (QED) is 0.886. The average molecular weight is 354 g/mol. The second-order valence-corrected chi connectivity index (χ2v) is 6.67. The van der Waals surface area contributed by atoms with Gasteiger partial charge in [-0.3, -0.25) is 4.79 Å². The fraction of sp³-hybridized carbons (Fsp3) is 0.474. The van der Waals surface area contributed by atoms with Crippen LogP contribution in [0.1, 0.15) is 56.3 Å². The molecule has 0 radical (unpaired) electrons. The molecule has 136 valence electrons. The zero-order valence-electron chi connectivity index (χ0n) is 15.0. The molecule has 7 heteroatoms.